The number of benzene rings is 4. The van der Waals surface area contributed by atoms with Gasteiger partial charge in [0.25, 0.3) is 0 Å². The fourth-order valence-electron chi connectivity index (χ4n) is 5.86. The van der Waals surface area contributed by atoms with Crippen molar-refractivity contribution in [1.29, 1.82) is 0 Å². The van der Waals surface area contributed by atoms with Crippen molar-refractivity contribution in [2.75, 3.05) is 46.7 Å². The number of hydrogen-bond acceptors (Lipinski definition) is 8. The number of ether oxygens (including phenoxy) is 1. The molecule has 2 aromatic heterocycles. The predicted molar refractivity (Wildman–Crippen MR) is 196 cm³/mol. The molecule has 0 radical (unpaired) electrons. The van der Waals surface area contributed by atoms with E-state index in [0.29, 0.717) is 59.9 Å². The summed E-state index contributed by atoms with van der Waals surface area (Å²) < 4.78 is 7.42. The molecule has 0 aliphatic carbocycles. The van der Waals surface area contributed by atoms with Gasteiger partial charge in [0.1, 0.15) is 6.33 Å². The Morgan fingerprint density at radius 1 is 0.878 bits per heavy atom. The number of nitrogens with zero attached hydrogens (tertiary/aromatic N) is 6. The third kappa shape index (κ3) is 7.40. The fourth-order valence-corrected chi connectivity index (χ4v) is 6.17. The van der Waals surface area contributed by atoms with Gasteiger partial charge in [-0.3, -0.25) is 9.36 Å². The summed E-state index contributed by atoms with van der Waals surface area (Å²) in [7, 11) is 0. The molecular formula is C38H35ClN8O2. The first-order valence-electron chi connectivity index (χ1n) is 16.0. The zero-order chi connectivity index (χ0) is 33.6. The van der Waals surface area contributed by atoms with Crippen LogP contribution in [0, 0.1) is 0 Å². The minimum Gasteiger partial charge on any atom is -0.378 e. The highest BCUT2D eigenvalue weighted by molar-refractivity contribution is 6.33. The van der Waals surface area contributed by atoms with E-state index in [-0.39, 0.29) is 5.91 Å². The van der Waals surface area contributed by atoms with Gasteiger partial charge in [0, 0.05) is 37.6 Å². The number of amides is 1. The van der Waals surface area contributed by atoms with E-state index in [1.165, 1.54) is 6.08 Å². The topological polar surface area (TPSA) is 100 Å². The van der Waals surface area contributed by atoms with Gasteiger partial charge in [-0.15, -0.1) is 0 Å². The monoisotopic (exact) mass is 670 g/mol. The van der Waals surface area contributed by atoms with Crippen molar-refractivity contribution in [2.24, 2.45) is 0 Å². The Labute approximate surface area is 289 Å². The number of carbonyl (C=O) groups is 1. The van der Waals surface area contributed by atoms with Gasteiger partial charge in [-0.05, 0) is 53.6 Å². The van der Waals surface area contributed by atoms with Crippen molar-refractivity contribution in [3.63, 3.8) is 0 Å². The van der Waals surface area contributed by atoms with Crippen LogP contribution >= 0.6 is 11.6 Å². The summed E-state index contributed by atoms with van der Waals surface area (Å²) in [6.45, 7) is 7.68. The lowest BCUT2D eigenvalue weighted by molar-refractivity contribution is -0.111. The van der Waals surface area contributed by atoms with Crippen molar-refractivity contribution >= 4 is 57.5 Å². The van der Waals surface area contributed by atoms with E-state index in [2.05, 4.69) is 51.3 Å². The molecule has 0 spiro atoms. The number of fused-ring (bicyclic) bond motifs is 1. The molecule has 0 unspecified atom stereocenters. The van der Waals surface area contributed by atoms with Crippen molar-refractivity contribution in [2.45, 2.75) is 13.1 Å². The SMILES string of the molecule is C=CC(=O)Nc1cccc(-n2cnc3c(N(Cc4ccccc4)Cc4ccccc4)nc(Nc4ccc(N5CCOCC5)c(Cl)c4)nc32)c1. The quantitative estimate of drug-likeness (QED) is 0.138. The van der Waals surface area contributed by atoms with Crippen LogP contribution in [0.4, 0.5) is 28.8 Å². The maximum Gasteiger partial charge on any atom is 0.247 e. The van der Waals surface area contributed by atoms with E-state index in [4.69, 9.17) is 31.3 Å². The normalized spacial score (nSPS) is 12.9. The molecule has 11 heteroatoms. The number of nitrogens with one attached hydrogen (secondary N) is 2. The minimum absolute atomic E-state index is 0.292. The lowest BCUT2D eigenvalue weighted by Crippen LogP contribution is -2.36. The van der Waals surface area contributed by atoms with Crippen LogP contribution in [0.5, 0.6) is 0 Å². The third-order valence-electron chi connectivity index (χ3n) is 8.24. The number of rotatable bonds is 11. The highest BCUT2D eigenvalue weighted by Crippen LogP contribution is 2.33. The van der Waals surface area contributed by atoms with Gasteiger partial charge in [-0.2, -0.15) is 9.97 Å². The number of halogens is 1. The van der Waals surface area contributed by atoms with Crippen molar-refractivity contribution < 1.29 is 9.53 Å². The van der Waals surface area contributed by atoms with E-state index < -0.39 is 0 Å². The highest BCUT2D eigenvalue weighted by Gasteiger charge is 2.21. The van der Waals surface area contributed by atoms with Crippen LogP contribution in [-0.4, -0.2) is 51.7 Å². The maximum absolute atomic E-state index is 12.1. The molecule has 3 heterocycles. The van der Waals surface area contributed by atoms with Gasteiger partial charge in [0.2, 0.25) is 11.9 Å². The Kier molecular flexibility index (Phi) is 9.49. The maximum atomic E-state index is 12.1. The van der Waals surface area contributed by atoms with Crippen molar-refractivity contribution in [1.82, 2.24) is 19.5 Å². The van der Waals surface area contributed by atoms with E-state index in [9.17, 15) is 4.79 Å². The predicted octanol–water partition coefficient (Wildman–Crippen LogP) is 7.38. The van der Waals surface area contributed by atoms with E-state index in [1.54, 1.807) is 6.33 Å². The molecule has 4 aromatic carbocycles. The molecule has 10 nitrogen and oxygen atoms in total. The van der Waals surface area contributed by atoms with E-state index in [0.717, 1.165) is 41.3 Å². The Hall–Kier alpha value is -5.71. The molecule has 1 aliphatic rings. The summed E-state index contributed by atoms with van der Waals surface area (Å²) in [5.41, 5.74) is 6.62. The number of hydrogen-bond donors (Lipinski definition) is 2. The second kappa shape index (κ2) is 14.6. The Balaban J connectivity index is 1.33. The largest absolute Gasteiger partial charge is 0.378 e. The second-order valence-corrected chi connectivity index (χ2v) is 12.0. The molecule has 49 heavy (non-hydrogen) atoms. The third-order valence-corrected chi connectivity index (χ3v) is 8.55. The molecule has 0 bridgehead atoms. The van der Waals surface area contributed by atoms with Crippen molar-refractivity contribution in [3.8, 4) is 5.69 Å². The Bertz CT molecular complexity index is 2040. The molecule has 1 amide bonds. The van der Waals surface area contributed by atoms with Gasteiger partial charge < -0.3 is 25.2 Å². The van der Waals surface area contributed by atoms with Gasteiger partial charge in [0.05, 0.1) is 29.6 Å². The second-order valence-electron chi connectivity index (χ2n) is 11.6. The number of imidazole rings is 1. The minimum atomic E-state index is -0.292. The molecule has 1 fully saturated rings. The zero-order valence-electron chi connectivity index (χ0n) is 26.8. The standard InChI is InChI=1S/C38H35ClN8O2/c1-2-34(48)41-29-14-9-15-31(22-29)47-26-40-35-36(46(24-27-10-5-3-6-11-27)25-28-12-7-4-8-13-28)43-38(44-37(35)47)42-30-16-17-33(32(39)23-30)45-18-20-49-21-19-45/h2-17,22-23,26H,1,18-21,24-25H2,(H,41,48)(H,42,43,44). The summed E-state index contributed by atoms with van der Waals surface area (Å²) >= 11 is 6.81. The first kappa shape index (κ1) is 31.9. The average molecular weight is 671 g/mol. The van der Waals surface area contributed by atoms with Gasteiger partial charge in [-0.1, -0.05) is 84.9 Å². The molecule has 246 valence electrons. The zero-order valence-corrected chi connectivity index (χ0v) is 27.6. The highest BCUT2D eigenvalue weighted by atomic mass is 35.5. The number of aromatic nitrogens is 4. The summed E-state index contributed by atoms with van der Waals surface area (Å²) in [4.78, 5) is 31.5. The molecule has 1 aliphatic heterocycles. The van der Waals surface area contributed by atoms with Crippen LogP contribution in [0.2, 0.25) is 5.02 Å². The molecule has 1 saturated heterocycles. The lowest BCUT2D eigenvalue weighted by Gasteiger charge is -2.29. The Morgan fingerprint density at radius 2 is 1.59 bits per heavy atom. The van der Waals surface area contributed by atoms with E-state index >= 15 is 0 Å². The lowest BCUT2D eigenvalue weighted by atomic mass is 10.1. The number of morpholine rings is 1. The average Bonchev–Trinajstić information content (AvgIpc) is 3.56. The summed E-state index contributed by atoms with van der Waals surface area (Å²) in [5.74, 6) is 0.771. The van der Waals surface area contributed by atoms with Crippen LogP contribution in [0.1, 0.15) is 11.1 Å². The number of anilines is 5. The van der Waals surface area contributed by atoms with Crippen LogP contribution in [0.3, 0.4) is 0 Å². The smallest absolute Gasteiger partial charge is 0.247 e. The van der Waals surface area contributed by atoms with Crippen molar-refractivity contribution in [3.05, 3.63) is 138 Å². The summed E-state index contributed by atoms with van der Waals surface area (Å²) in [6, 6.07) is 34.0. The van der Waals surface area contributed by atoms with Gasteiger partial charge >= 0.3 is 0 Å². The van der Waals surface area contributed by atoms with Crippen LogP contribution in [-0.2, 0) is 22.6 Å². The first-order valence-corrected chi connectivity index (χ1v) is 16.4. The molecule has 0 atom stereocenters. The van der Waals surface area contributed by atoms with Crippen LogP contribution in [0.25, 0.3) is 16.9 Å². The molecule has 6 aromatic rings. The molecule has 7 rings (SSSR count). The van der Waals surface area contributed by atoms with E-state index in [1.807, 2.05) is 83.4 Å². The van der Waals surface area contributed by atoms with Gasteiger partial charge in [-0.25, -0.2) is 4.98 Å². The van der Waals surface area contributed by atoms with Crippen LogP contribution in [0.15, 0.2) is 122 Å². The summed E-state index contributed by atoms with van der Waals surface area (Å²) in [5, 5.41) is 6.89. The van der Waals surface area contributed by atoms with Crippen LogP contribution < -0.4 is 20.4 Å². The molecule has 2 N–H and O–H groups in total. The Morgan fingerprint density at radius 3 is 2.27 bits per heavy atom. The summed E-state index contributed by atoms with van der Waals surface area (Å²) in [6.07, 6.45) is 2.98. The molecular weight excluding hydrogens is 636 g/mol. The number of carbonyl (C=O) groups excluding carboxylic acids is 1. The fraction of sp³-hybridized carbons (Fsp3) is 0.158. The first-order chi connectivity index (χ1) is 24.0. The van der Waals surface area contributed by atoms with Gasteiger partial charge in [0.15, 0.2) is 17.0 Å². The molecule has 0 saturated carbocycles.